The summed E-state index contributed by atoms with van der Waals surface area (Å²) in [6.45, 7) is 0.0745. The molecule has 1 amide bonds. The minimum atomic E-state index is -1.01. The van der Waals surface area contributed by atoms with E-state index in [4.69, 9.17) is 5.11 Å². The van der Waals surface area contributed by atoms with Crippen LogP contribution in [-0.4, -0.2) is 27.6 Å². The second-order valence-corrected chi connectivity index (χ2v) is 5.08. The fourth-order valence-corrected chi connectivity index (χ4v) is 2.60. The van der Waals surface area contributed by atoms with Gasteiger partial charge in [-0.3, -0.25) is 4.79 Å². The number of aromatic nitrogens is 1. The average Bonchev–Trinajstić information content (AvgIpc) is 2.66. The Labute approximate surface area is 112 Å². The van der Waals surface area contributed by atoms with E-state index in [9.17, 15) is 9.59 Å². The third-order valence-electron chi connectivity index (χ3n) is 3.58. The van der Waals surface area contributed by atoms with Crippen LogP contribution in [0.4, 0.5) is 0 Å². The minimum Gasteiger partial charge on any atom is -0.477 e. The van der Waals surface area contributed by atoms with Crippen LogP contribution in [0.2, 0.25) is 0 Å². The maximum Gasteiger partial charge on any atom is 0.352 e. The molecule has 0 unspecified atom stereocenters. The summed E-state index contributed by atoms with van der Waals surface area (Å²) in [6.07, 6.45) is 8.49. The zero-order valence-electron chi connectivity index (χ0n) is 11.0. The van der Waals surface area contributed by atoms with Crippen molar-refractivity contribution in [3.05, 3.63) is 24.0 Å². The zero-order valence-corrected chi connectivity index (χ0v) is 11.0. The molecule has 0 aromatic carbocycles. The molecule has 1 aliphatic rings. The number of nitrogens with one attached hydrogen (secondary N) is 1. The highest BCUT2D eigenvalue weighted by molar-refractivity contribution is 5.86. The summed E-state index contributed by atoms with van der Waals surface area (Å²) in [7, 11) is 0. The molecule has 5 heteroatoms. The summed E-state index contributed by atoms with van der Waals surface area (Å²) in [6, 6.07) is 3.39. The van der Waals surface area contributed by atoms with Crippen molar-refractivity contribution < 1.29 is 14.7 Å². The second-order valence-electron chi connectivity index (χ2n) is 5.08. The Morgan fingerprint density at radius 2 is 1.95 bits per heavy atom. The molecule has 0 spiro atoms. The first-order valence-corrected chi connectivity index (χ1v) is 6.84. The van der Waals surface area contributed by atoms with Crippen LogP contribution in [0.15, 0.2) is 18.3 Å². The largest absolute Gasteiger partial charge is 0.477 e. The van der Waals surface area contributed by atoms with Crippen molar-refractivity contribution in [3.63, 3.8) is 0 Å². The van der Waals surface area contributed by atoms with Crippen molar-refractivity contribution in [1.82, 2.24) is 9.88 Å². The molecule has 1 fully saturated rings. The quantitative estimate of drug-likeness (QED) is 0.817. The van der Waals surface area contributed by atoms with Crippen molar-refractivity contribution in [3.8, 4) is 0 Å². The molecule has 0 atom stereocenters. The maximum atomic E-state index is 11.9. The van der Waals surface area contributed by atoms with E-state index in [0.717, 1.165) is 25.7 Å². The Balaban J connectivity index is 1.89. The van der Waals surface area contributed by atoms with Gasteiger partial charge in [0.15, 0.2) is 0 Å². The minimum absolute atomic E-state index is 0.0745. The van der Waals surface area contributed by atoms with Crippen molar-refractivity contribution in [1.29, 1.82) is 0 Å². The van der Waals surface area contributed by atoms with Gasteiger partial charge in [-0.25, -0.2) is 4.79 Å². The van der Waals surface area contributed by atoms with E-state index in [1.165, 1.54) is 23.5 Å². The number of carbonyl (C=O) groups is 2. The topological polar surface area (TPSA) is 71.3 Å². The molecule has 5 nitrogen and oxygen atoms in total. The first-order valence-electron chi connectivity index (χ1n) is 6.84. The van der Waals surface area contributed by atoms with E-state index < -0.39 is 5.97 Å². The van der Waals surface area contributed by atoms with Crippen LogP contribution in [0.1, 0.15) is 49.0 Å². The van der Waals surface area contributed by atoms with E-state index in [0.29, 0.717) is 0 Å². The van der Waals surface area contributed by atoms with Gasteiger partial charge >= 0.3 is 5.97 Å². The normalized spacial score (nSPS) is 16.8. The molecule has 2 N–H and O–H groups in total. The Bertz CT molecular complexity index is 445. The monoisotopic (exact) mass is 264 g/mol. The third-order valence-corrected chi connectivity index (χ3v) is 3.58. The zero-order chi connectivity index (χ0) is 13.7. The molecule has 1 heterocycles. The first-order chi connectivity index (χ1) is 9.16. The van der Waals surface area contributed by atoms with Gasteiger partial charge in [0.25, 0.3) is 0 Å². The number of amides is 1. The van der Waals surface area contributed by atoms with Crippen LogP contribution < -0.4 is 5.32 Å². The van der Waals surface area contributed by atoms with Gasteiger partial charge in [-0.15, -0.1) is 0 Å². The fourth-order valence-electron chi connectivity index (χ4n) is 2.60. The number of carboxylic acids is 1. The highest BCUT2D eigenvalue weighted by Crippen LogP contribution is 2.17. The second kappa shape index (κ2) is 6.41. The Morgan fingerprint density at radius 1 is 1.26 bits per heavy atom. The van der Waals surface area contributed by atoms with Crippen LogP contribution >= 0.6 is 0 Å². The molecule has 2 rings (SSSR count). The number of hydrogen-bond acceptors (Lipinski definition) is 2. The maximum absolute atomic E-state index is 11.9. The van der Waals surface area contributed by atoms with Gasteiger partial charge in [-0.05, 0) is 25.0 Å². The predicted octanol–water partition coefficient (Wildman–Crippen LogP) is 2.03. The molecule has 104 valence electrons. The van der Waals surface area contributed by atoms with E-state index in [1.807, 2.05) is 0 Å². The first kappa shape index (κ1) is 13.6. The lowest BCUT2D eigenvalue weighted by molar-refractivity contribution is -0.122. The van der Waals surface area contributed by atoms with Gasteiger partial charge in [0, 0.05) is 12.2 Å². The molecule has 1 saturated carbocycles. The number of hydrogen-bond donors (Lipinski definition) is 2. The summed E-state index contributed by atoms with van der Waals surface area (Å²) in [5.41, 5.74) is 0.149. The molecular weight excluding hydrogens is 244 g/mol. The smallest absolute Gasteiger partial charge is 0.352 e. The van der Waals surface area contributed by atoms with Crippen LogP contribution in [-0.2, 0) is 11.3 Å². The van der Waals surface area contributed by atoms with Crippen LogP contribution in [0.3, 0.4) is 0 Å². The number of nitrogens with zero attached hydrogens (tertiary/aromatic N) is 1. The summed E-state index contributed by atoms with van der Waals surface area (Å²) < 4.78 is 1.47. The molecule has 1 aliphatic carbocycles. The van der Waals surface area contributed by atoms with Crippen molar-refractivity contribution >= 4 is 11.9 Å². The Kier molecular flexibility index (Phi) is 4.60. The van der Waals surface area contributed by atoms with E-state index in [1.54, 1.807) is 12.3 Å². The van der Waals surface area contributed by atoms with Crippen LogP contribution in [0.25, 0.3) is 0 Å². The molecule has 1 aromatic heterocycles. The number of carbonyl (C=O) groups excluding carboxylic acids is 1. The lowest BCUT2D eigenvalue weighted by atomic mass is 10.1. The lowest BCUT2D eigenvalue weighted by Crippen LogP contribution is -2.37. The summed E-state index contributed by atoms with van der Waals surface area (Å²) in [5, 5.41) is 12.0. The highest BCUT2D eigenvalue weighted by Gasteiger charge is 2.16. The van der Waals surface area contributed by atoms with E-state index in [-0.39, 0.29) is 24.2 Å². The van der Waals surface area contributed by atoms with Crippen LogP contribution in [0.5, 0.6) is 0 Å². The van der Waals surface area contributed by atoms with Gasteiger partial charge in [0.2, 0.25) is 5.91 Å². The molecule has 0 radical (unpaired) electrons. The molecule has 0 bridgehead atoms. The van der Waals surface area contributed by atoms with E-state index >= 15 is 0 Å². The van der Waals surface area contributed by atoms with Gasteiger partial charge in [0.05, 0.1) is 0 Å². The number of aromatic carboxylic acids is 1. The van der Waals surface area contributed by atoms with Crippen LogP contribution in [0, 0.1) is 0 Å². The lowest BCUT2D eigenvalue weighted by Gasteiger charge is -2.16. The summed E-state index contributed by atoms with van der Waals surface area (Å²) >= 11 is 0. The average molecular weight is 264 g/mol. The summed E-state index contributed by atoms with van der Waals surface area (Å²) in [5.74, 6) is -1.11. The van der Waals surface area contributed by atoms with Gasteiger partial charge < -0.3 is 15.0 Å². The molecule has 19 heavy (non-hydrogen) atoms. The van der Waals surface area contributed by atoms with E-state index in [2.05, 4.69) is 5.32 Å². The van der Waals surface area contributed by atoms with Crippen molar-refractivity contribution in [2.75, 3.05) is 0 Å². The highest BCUT2D eigenvalue weighted by atomic mass is 16.4. The molecule has 1 aromatic rings. The molecular formula is C14H20N2O3. The summed E-state index contributed by atoms with van der Waals surface area (Å²) in [4.78, 5) is 22.9. The molecule has 0 aliphatic heterocycles. The van der Waals surface area contributed by atoms with Crippen molar-refractivity contribution in [2.24, 2.45) is 0 Å². The standard InChI is InChI=1S/C14H20N2O3/c17-13(15-11-6-3-1-2-4-7-11)10-16-9-5-8-12(16)14(18)19/h5,8-9,11H,1-4,6-7,10H2,(H,15,17)(H,18,19). The number of carboxylic acid groups (broad SMARTS) is 1. The number of rotatable bonds is 4. The predicted molar refractivity (Wildman–Crippen MR) is 71.0 cm³/mol. The SMILES string of the molecule is O=C(Cn1cccc1C(=O)O)NC1CCCCCC1. The Morgan fingerprint density at radius 3 is 2.58 bits per heavy atom. The molecule has 0 saturated heterocycles. The third kappa shape index (κ3) is 3.84. The van der Waals surface area contributed by atoms with Gasteiger partial charge in [-0.1, -0.05) is 25.7 Å². The fraction of sp³-hybridized carbons (Fsp3) is 0.571. The van der Waals surface area contributed by atoms with Gasteiger partial charge in [-0.2, -0.15) is 0 Å². The van der Waals surface area contributed by atoms with Gasteiger partial charge in [0.1, 0.15) is 12.2 Å². The van der Waals surface area contributed by atoms with Crippen molar-refractivity contribution in [2.45, 2.75) is 51.1 Å². The Hall–Kier alpha value is -1.78.